The van der Waals surface area contributed by atoms with Crippen molar-refractivity contribution >= 4 is 23.2 Å². The summed E-state index contributed by atoms with van der Waals surface area (Å²) in [5.41, 5.74) is 2.84. The Balaban J connectivity index is 1.47. The van der Waals surface area contributed by atoms with Gasteiger partial charge in [0.05, 0.1) is 17.2 Å². The summed E-state index contributed by atoms with van der Waals surface area (Å²) in [4.78, 5) is 20.2. The molecule has 5 nitrogen and oxygen atoms in total. The lowest BCUT2D eigenvalue weighted by molar-refractivity contribution is -0.135. The fourth-order valence-electron chi connectivity index (χ4n) is 4.80. The zero-order valence-electron chi connectivity index (χ0n) is 18.2. The fourth-order valence-corrected chi connectivity index (χ4v) is 4.93. The number of piperazine rings is 1. The van der Waals surface area contributed by atoms with Crippen LogP contribution < -0.4 is 4.90 Å². The minimum Gasteiger partial charge on any atom is -0.367 e. The van der Waals surface area contributed by atoms with Crippen LogP contribution in [0.2, 0.25) is 5.02 Å². The van der Waals surface area contributed by atoms with E-state index in [-0.39, 0.29) is 17.7 Å². The van der Waals surface area contributed by atoms with E-state index in [1.165, 1.54) is 5.56 Å². The second kappa shape index (κ2) is 9.30. The van der Waals surface area contributed by atoms with E-state index in [2.05, 4.69) is 41.8 Å². The Morgan fingerprint density at radius 2 is 1.71 bits per heavy atom. The van der Waals surface area contributed by atoms with Crippen LogP contribution in [0.3, 0.4) is 0 Å². The van der Waals surface area contributed by atoms with Crippen LogP contribution in [0, 0.1) is 17.2 Å². The highest BCUT2D eigenvalue weighted by atomic mass is 35.5. The van der Waals surface area contributed by atoms with Crippen LogP contribution in [-0.4, -0.2) is 61.0 Å². The maximum atomic E-state index is 13.6. The third kappa shape index (κ3) is 4.56. The van der Waals surface area contributed by atoms with Crippen LogP contribution in [0.5, 0.6) is 0 Å². The Kier molecular flexibility index (Phi) is 6.50. The Bertz CT molecular complexity index is 960. The van der Waals surface area contributed by atoms with Crippen molar-refractivity contribution in [3.05, 3.63) is 64.7 Å². The monoisotopic (exact) mass is 436 g/mol. The van der Waals surface area contributed by atoms with Crippen molar-refractivity contribution in [3.63, 3.8) is 0 Å². The highest BCUT2D eigenvalue weighted by Gasteiger charge is 2.41. The van der Waals surface area contributed by atoms with Crippen molar-refractivity contribution in [2.24, 2.45) is 5.92 Å². The number of nitriles is 1. The first kappa shape index (κ1) is 21.7. The predicted molar refractivity (Wildman–Crippen MR) is 124 cm³/mol. The van der Waals surface area contributed by atoms with Crippen molar-refractivity contribution in [2.45, 2.75) is 25.8 Å². The number of halogens is 1. The van der Waals surface area contributed by atoms with Crippen molar-refractivity contribution < 1.29 is 4.79 Å². The minimum absolute atomic E-state index is 0.0403. The van der Waals surface area contributed by atoms with Gasteiger partial charge in [-0.25, -0.2) is 0 Å². The van der Waals surface area contributed by atoms with Crippen LogP contribution >= 0.6 is 11.6 Å². The fraction of sp³-hybridized carbons (Fsp3) is 0.440. The maximum absolute atomic E-state index is 13.6. The summed E-state index contributed by atoms with van der Waals surface area (Å²) in [5.74, 6) is 0.391. The maximum Gasteiger partial charge on any atom is 0.227 e. The number of carbonyl (C=O) groups is 1. The first-order valence-electron chi connectivity index (χ1n) is 11.0. The van der Waals surface area contributed by atoms with Gasteiger partial charge in [-0.15, -0.1) is 0 Å². The summed E-state index contributed by atoms with van der Waals surface area (Å²) in [5, 5.41) is 10.1. The molecule has 6 heteroatoms. The lowest BCUT2D eigenvalue weighted by Crippen LogP contribution is -2.51. The molecule has 2 saturated heterocycles. The molecule has 2 heterocycles. The first-order valence-corrected chi connectivity index (χ1v) is 11.4. The first-order chi connectivity index (χ1) is 15.0. The zero-order valence-corrected chi connectivity index (χ0v) is 18.9. The third-order valence-corrected chi connectivity index (χ3v) is 6.90. The third-order valence-electron chi connectivity index (χ3n) is 6.65. The summed E-state index contributed by atoms with van der Waals surface area (Å²) < 4.78 is 0. The van der Waals surface area contributed by atoms with E-state index in [4.69, 9.17) is 11.6 Å². The summed E-state index contributed by atoms with van der Waals surface area (Å²) in [7, 11) is 0. The molecule has 0 aromatic heterocycles. The summed E-state index contributed by atoms with van der Waals surface area (Å²) >= 11 is 6.09. The van der Waals surface area contributed by atoms with Gasteiger partial charge in [-0.1, -0.05) is 35.9 Å². The molecule has 2 aromatic rings. The minimum atomic E-state index is -0.0403. The quantitative estimate of drug-likeness (QED) is 0.727. The number of carbonyl (C=O) groups excluding carboxylic acids is 1. The number of likely N-dealkylation sites (tertiary alicyclic amines) is 1. The topological polar surface area (TPSA) is 50.6 Å². The van der Waals surface area contributed by atoms with E-state index in [1.807, 2.05) is 41.3 Å². The van der Waals surface area contributed by atoms with Gasteiger partial charge < -0.3 is 9.80 Å². The largest absolute Gasteiger partial charge is 0.367 e. The Labute approximate surface area is 189 Å². The molecule has 2 aromatic carbocycles. The number of rotatable bonds is 4. The van der Waals surface area contributed by atoms with Crippen molar-refractivity contribution in [3.8, 4) is 6.07 Å². The van der Waals surface area contributed by atoms with E-state index in [9.17, 15) is 10.1 Å². The second-order valence-corrected chi connectivity index (χ2v) is 9.19. The van der Waals surface area contributed by atoms with Crippen LogP contribution in [0.1, 0.15) is 30.9 Å². The average Bonchev–Trinajstić information content (AvgIpc) is 3.25. The second-order valence-electron chi connectivity index (χ2n) is 8.75. The van der Waals surface area contributed by atoms with E-state index < -0.39 is 0 Å². The smallest absolute Gasteiger partial charge is 0.227 e. The molecule has 2 aliphatic heterocycles. The molecule has 0 saturated carbocycles. The normalized spacial score (nSPS) is 22.0. The molecule has 31 heavy (non-hydrogen) atoms. The molecule has 162 valence electrons. The number of nitrogens with zero attached hydrogens (tertiary/aromatic N) is 4. The molecule has 0 aliphatic carbocycles. The molecule has 0 N–H and O–H groups in total. The van der Waals surface area contributed by atoms with Gasteiger partial charge >= 0.3 is 0 Å². The van der Waals surface area contributed by atoms with Gasteiger partial charge in [-0.3, -0.25) is 9.69 Å². The van der Waals surface area contributed by atoms with Gasteiger partial charge in [0.15, 0.2) is 0 Å². The molecule has 4 rings (SSSR count). The number of amides is 1. The van der Waals surface area contributed by atoms with Crippen molar-refractivity contribution in [1.82, 2.24) is 9.80 Å². The molecule has 2 fully saturated rings. The molecule has 0 bridgehead atoms. The van der Waals surface area contributed by atoms with Gasteiger partial charge in [0.1, 0.15) is 6.07 Å². The summed E-state index contributed by atoms with van der Waals surface area (Å²) in [6, 6.07) is 18.3. The lowest BCUT2D eigenvalue weighted by Gasteiger charge is -2.38. The Morgan fingerprint density at radius 1 is 1.03 bits per heavy atom. The lowest BCUT2D eigenvalue weighted by atomic mass is 9.88. The Hall–Kier alpha value is -2.55. The summed E-state index contributed by atoms with van der Waals surface area (Å²) in [6.07, 6.45) is 0. The number of hydrogen-bond donors (Lipinski definition) is 0. The SMILES string of the molecule is CC(C)N1C[C@@H](C(=O)N2CCN(c3ccccc3C#N)CC2)[C@H](c2ccc(Cl)cc2)C1. The molecule has 0 spiro atoms. The molecule has 1 amide bonds. The van der Waals surface area contributed by atoms with E-state index in [0.29, 0.717) is 24.7 Å². The molecule has 2 atom stereocenters. The van der Waals surface area contributed by atoms with Crippen LogP contribution in [0.15, 0.2) is 48.5 Å². The van der Waals surface area contributed by atoms with Gasteiger partial charge in [0, 0.05) is 56.3 Å². The molecular formula is C25H29ClN4O. The van der Waals surface area contributed by atoms with Crippen molar-refractivity contribution in [1.29, 1.82) is 5.26 Å². The predicted octanol–water partition coefficient (Wildman–Crippen LogP) is 3.98. The summed E-state index contributed by atoms with van der Waals surface area (Å²) in [6.45, 7) is 8.93. The van der Waals surface area contributed by atoms with E-state index in [1.54, 1.807) is 0 Å². The van der Waals surface area contributed by atoms with Gasteiger partial charge in [0.2, 0.25) is 5.91 Å². The Morgan fingerprint density at radius 3 is 2.35 bits per heavy atom. The van der Waals surface area contributed by atoms with Gasteiger partial charge in [0.25, 0.3) is 0 Å². The van der Waals surface area contributed by atoms with Crippen LogP contribution in [0.25, 0.3) is 0 Å². The number of hydrogen-bond acceptors (Lipinski definition) is 4. The number of para-hydroxylation sites is 1. The van der Waals surface area contributed by atoms with E-state index in [0.717, 1.165) is 36.9 Å². The van der Waals surface area contributed by atoms with Crippen LogP contribution in [0.4, 0.5) is 5.69 Å². The molecule has 2 aliphatic rings. The molecular weight excluding hydrogens is 408 g/mol. The van der Waals surface area contributed by atoms with Gasteiger partial charge in [-0.05, 0) is 43.7 Å². The zero-order chi connectivity index (χ0) is 22.0. The number of anilines is 1. The number of benzene rings is 2. The highest BCUT2D eigenvalue weighted by Crippen LogP contribution is 2.36. The standard InChI is InChI=1S/C25H29ClN4O/c1-18(2)30-16-22(19-7-9-21(26)10-8-19)23(17-30)25(31)29-13-11-28(12-14-29)24-6-4-3-5-20(24)15-27/h3-10,18,22-23H,11-14,16-17H2,1-2H3/t22-,23+/m0/s1. The molecule has 0 radical (unpaired) electrons. The highest BCUT2D eigenvalue weighted by molar-refractivity contribution is 6.30. The van der Waals surface area contributed by atoms with Crippen LogP contribution in [-0.2, 0) is 4.79 Å². The average molecular weight is 437 g/mol. The van der Waals surface area contributed by atoms with Gasteiger partial charge in [-0.2, -0.15) is 5.26 Å². The van der Waals surface area contributed by atoms with E-state index >= 15 is 0 Å². The molecule has 0 unspecified atom stereocenters. The van der Waals surface area contributed by atoms with Crippen molar-refractivity contribution in [2.75, 3.05) is 44.2 Å².